The molecule has 0 aliphatic carbocycles. The van der Waals surface area contributed by atoms with Crippen LogP contribution in [0, 0.1) is 17.3 Å². The molecule has 0 radical (unpaired) electrons. The normalized spacial score (nSPS) is 18.7. The van der Waals surface area contributed by atoms with E-state index in [9.17, 15) is 32.3 Å². The van der Waals surface area contributed by atoms with E-state index < -0.39 is 35.6 Å². The number of ether oxygens (including phenoxy) is 2. The van der Waals surface area contributed by atoms with Crippen molar-refractivity contribution in [3.63, 3.8) is 0 Å². The number of aromatic amines is 1. The van der Waals surface area contributed by atoms with Crippen LogP contribution in [0.3, 0.4) is 0 Å². The lowest BCUT2D eigenvalue weighted by molar-refractivity contribution is -0.274. The number of piperazine rings is 1. The number of anilines is 2. The minimum Gasteiger partial charge on any atom is -0.453 e. The van der Waals surface area contributed by atoms with Crippen LogP contribution < -0.4 is 20.3 Å². The van der Waals surface area contributed by atoms with Crippen molar-refractivity contribution in [3.05, 3.63) is 77.3 Å². The summed E-state index contributed by atoms with van der Waals surface area (Å²) >= 11 is 6.58. The second-order valence-electron chi connectivity index (χ2n) is 17.2. The van der Waals surface area contributed by atoms with Crippen LogP contribution in [0.2, 0.25) is 5.02 Å². The summed E-state index contributed by atoms with van der Waals surface area (Å²) in [5, 5.41) is 5.19. The quantitative estimate of drug-likeness (QED) is 0.142. The van der Waals surface area contributed by atoms with Gasteiger partial charge in [0.1, 0.15) is 23.4 Å². The van der Waals surface area contributed by atoms with Crippen molar-refractivity contribution in [2.24, 2.45) is 17.3 Å². The van der Waals surface area contributed by atoms with Crippen molar-refractivity contribution in [2.75, 3.05) is 43.5 Å². The third kappa shape index (κ3) is 10.4. The number of hydrogen-bond acceptors (Lipinski definition) is 9. The standard InChI is InChI=1S/C44H52ClF3N8O6/c1-24(2)37(53-42(60)61-8)40(58)56-22-25(3)17-34(56)38-50-21-33(52-38)28-11-9-27(10-12-28)30-18-32(45)31(19-35(30)62-44(46,47)48)39(57)51-29-13-14-36(49-20-29)55-16-15-54(23-26(55)4)41(59)43(5,6)7/h9-14,18-21,24-26,34,37H,15-17,22-23H2,1-8H3,(H,50,52)(H,51,57)(H,53,60)/t25-,26-,34+,37+/m1/s1. The molecule has 0 saturated carbocycles. The molecule has 2 aromatic heterocycles. The number of imidazole rings is 1. The van der Waals surface area contributed by atoms with Crippen molar-refractivity contribution in [1.29, 1.82) is 0 Å². The fraction of sp³-hybridized carbons (Fsp3) is 0.455. The first-order valence-electron chi connectivity index (χ1n) is 20.4. The summed E-state index contributed by atoms with van der Waals surface area (Å²) in [6.45, 7) is 15.5. The number of H-pyrrole nitrogens is 1. The van der Waals surface area contributed by atoms with Crippen LogP contribution in [-0.2, 0) is 14.3 Å². The Kier molecular flexibility index (Phi) is 13.4. The van der Waals surface area contributed by atoms with E-state index in [1.54, 1.807) is 47.5 Å². The number of alkyl halides is 3. The van der Waals surface area contributed by atoms with Gasteiger partial charge in [0.2, 0.25) is 11.8 Å². The number of pyridine rings is 1. The zero-order valence-corrected chi connectivity index (χ0v) is 36.6. The van der Waals surface area contributed by atoms with Crippen LogP contribution in [-0.4, -0.2) is 100 Å². The van der Waals surface area contributed by atoms with Crippen molar-refractivity contribution < 1.29 is 41.8 Å². The Hall–Kier alpha value is -5.84. The monoisotopic (exact) mass is 880 g/mol. The number of hydrogen-bond donors (Lipinski definition) is 3. The Morgan fingerprint density at radius 1 is 0.935 bits per heavy atom. The van der Waals surface area contributed by atoms with Crippen molar-refractivity contribution >= 4 is 46.9 Å². The molecular weight excluding hydrogens is 829 g/mol. The average Bonchev–Trinajstić information content (AvgIpc) is 3.86. The van der Waals surface area contributed by atoms with Crippen LogP contribution in [0.15, 0.2) is 60.9 Å². The summed E-state index contributed by atoms with van der Waals surface area (Å²) in [5.74, 6) is -0.410. The molecule has 4 heterocycles. The Morgan fingerprint density at radius 3 is 2.23 bits per heavy atom. The van der Waals surface area contributed by atoms with Gasteiger partial charge in [0.25, 0.3) is 5.91 Å². The van der Waals surface area contributed by atoms with Crippen LogP contribution in [0.25, 0.3) is 22.4 Å². The molecule has 2 aliphatic heterocycles. The van der Waals surface area contributed by atoms with Crippen molar-refractivity contribution in [2.45, 2.75) is 79.4 Å². The number of carbonyl (C=O) groups is 4. The largest absolute Gasteiger partial charge is 0.573 e. The van der Waals surface area contributed by atoms with E-state index in [-0.39, 0.29) is 51.9 Å². The number of alkyl carbamates (subject to hydrolysis) is 1. The molecule has 2 fully saturated rings. The number of amides is 4. The Balaban J connectivity index is 1.17. The van der Waals surface area contributed by atoms with Crippen LogP contribution >= 0.6 is 11.6 Å². The molecule has 6 rings (SSSR count). The van der Waals surface area contributed by atoms with Gasteiger partial charge in [0, 0.05) is 43.2 Å². The molecule has 2 aliphatic rings. The maximum absolute atomic E-state index is 13.8. The number of rotatable bonds is 10. The zero-order valence-electron chi connectivity index (χ0n) is 35.9. The van der Waals surface area contributed by atoms with E-state index in [4.69, 9.17) is 16.3 Å². The molecular formula is C44H52ClF3N8O6. The topological polar surface area (TPSA) is 162 Å². The Bertz CT molecular complexity index is 2280. The molecule has 62 heavy (non-hydrogen) atoms. The molecule has 3 N–H and O–H groups in total. The van der Waals surface area contributed by atoms with Crippen LogP contribution in [0.1, 0.15) is 77.1 Å². The highest BCUT2D eigenvalue weighted by molar-refractivity contribution is 6.35. The lowest BCUT2D eigenvalue weighted by Crippen LogP contribution is -2.56. The predicted octanol–water partition coefficient (Wildman–Crippen LogP) is 8.32. The van der Waals surface area contributed by atoms with Gasteiger partial charge < -0.3 is 39.8 Å². The van der Waals surface area contributed by atoms with Gasteiger partial charge in [-0.2, -0.15) is 0 Å². The number of nitrogens with one attached hydrogen (secondary N) is 3. The molecule has 2 aromatic carbocycles. The first kappa shape index (κ1) is 45.7. The first-order valence-corrected chi connectivity index (χ1v) is 20.7. The summed E-state index contributed by atoms with van der Waals surface area (Å²) in [6, 6.07) is 10.9. The van der Waals surface area contributed by atoms with Crippen molar-refractivity contribution in [3.8, 4) is 28.1 Å². The van der Waals surface area contributed by atoms with Gasteiger partial charge in [0.05, 0.1) is 47.5 Å². The first-order chi connectivity index (χ1) is 29.1. The molecule has 4 aromatic rings. The number of carbonyl (C=O) groups excluding carboxylic acids is 4. The van der Waals surface area contributed by atoms with Crippen LogP contribution in [0.5, 0.6) is 5.75 Å². The van der Waals surface area contributed by atoms with E-state index in [1.807, 2.05) is 53.4 Å². The van der Waals surface area contributed by atoms with Gasteiger partial charge in [-0.3, -0.25) is 14.4 Å². The fourth-order valence-corrected chi connectivity index (χ4v) is 8.11. The van der Waals surface area contributed by atoms with Crippen LogP contribution in [0.4, 0.5) is 29.5 Å². The lowest BCUT2D eigenvalue weighted by atomic mass is 9.94. The second kappa shape index (κ2) is 18.2. The highest BCUT2D eigenvalue weighted by atomic mass is 35.5. The number of likely N-dealkylation sites (tertiary alicyclic amines) is 1. The molecule has 0 spiro atoms. The van der Waals surface area contributed by atoms with E-state index in [0.29, 0.717) is 66.8 Å². The lowest BCUT2D eigenvalue weighted by Gasteiger charge is -2.42. The summed E-state index contributed by atoms with van der Waals surface area (Å²) < 4.78 is 50.5. The molecule has 0 bridgehead atoms. The van der Waals surface area contributed by atoms with Gasteiger partial charge in [-0.1, -0.05) is 77.4 Å². The van der Waals surface area contributed by atoms with E-state index in [2.05, 4.69) is 35.2 Å². The maximum Gasteiger partial charge on any atom is 0.573 e. The van der Waals surface area contributed by atoms with E-state index >= 15 is 0 Å². The minimum absolute atomic E-state index is 0.000436. The predicted molar refractivity (Wildman–Crippen MR) is 229 cm³/mol. The third-order valence-corrected chi connectivity index (χ3v) is 11.3. The number of methoxy groups -OCH3 is 1. The summed E-state index contributed by atoms with van der Waals surface area (Å²) in [7, 11) is 1.24. The number of benzene rings is 2. The highest BCUT2D eigenvalue weighted by Crippen LogP contribution is 2.40. The summed E-state index contributed by atoms with van der Waals surface area (Å²) in [4.78, 5) is 70.0. The minimum atomic E-state index is -5.08. The number of halogens is 4. The van der Waals surface area contributed by atoms with E-state index in [1.165, 1.54) is 19.4 Å². The molecule has 4 atom stereocenters. The molecule has 332 valence electrons. The highest BCUT2D eigenvalue weighted by Gasteiger charge is 2.40. The smallest absolute Gasteiger partial charge is 0.453 e. The zero-order chi connectivity index (χ0) is 45.3. The SMILES string of the molecule is COC(=O)N[C@H](C(=O)N1C[C@H](C)C[C@H]1c1ncc(-c2ccc(-c3cc(Cl)c(C(=O)Nc4ccc(N5CCN(C(=O)C(C)(C)C)C[C@H]5C)nc4)cc3OC(F)(F)F)cc2)[nH]1)C(C)C. The second-order valence-corrected chi connectivity index (χ2v) is 17.7. The third-order valence-electron chi connectivity index (χ3n) is 11.0. The molecule has 4 amide bonds. The van der Waals surface area contributed by atoms with Gasteiger partial charge >= 0.3 is 12.5 Å². The van der Waals surface area contributed by atoms with Gasteiger partial charge in [-0.05, 0) is 60.6 Å². The molecule has 18 heteroatoms. The van der Waals surface area contributed by atoms with Gasteiger partial charge in [-0.25, -0.2) is 14.8 Å². The Morgan fingerprint density at radius 2 is 1.63 bits per heavy atom. The van der Waals surface area contributed by atoms with E-state index in [0.717, 1.165) is 6.07 Å². The average molecular weight is 881 g/mol. The number of aromatic nitrogens is 3. The van der Waals surface area contributed by atoms with Gasteiger partial charge in [0.15, 0.2) is 0 Å². The maximum atomic E-state index is 13.8. The number of nitrogens with zero attached hydrogens (tertiary/aromatic N) is 5. The van der Waals surface area contributed by atoms with Gasteiger partial charge in [-0.15, -0.1) is 13.2 Å². The Labute approximate surface area is 363 Å². The molecule has 14 nitrogen and oxygen atoms in total. The summed E-state index contributed by atoms with van der Waals surface area (Å²) in [5.41, 5.74) is 1.16. The fourth-order valence-electron chi connectivity index (χ4n) is 7.86. The van der Waals surface area contributed by atoms with Crippen molar-refractivity contribution in [1.82, 2.24) is 30.1 Å². The molecule has 0 unspecified atom stereocenters. The summed E-state index contributed by atoms with van der Waals surface area (Å²) in [6.07, 6.45) is -2.08. The molecule has 2 saturated heterocycles.